The predicted octanol–water partition coefficient (Wildman–Crippen LogP) is 0.527. The molecule has 0 aliphatic heterocycles. The fraction of sp³-hybridized carbons (Fsp3) is 0.917. The van der Waals surface area contributed by atoms with E-state index < -0.39 is 14.3 Å². The van der Waals surface area contributed by atoms with Crippen LogP contribution >= 0.6 is 11.8 Å². The topological polar surface area (TPSA) is 77.0 Å². The standard InChI is InChI=1S/C12H27NO5SSi/c1-12(10-15,13-6-7-14)11-19-8-5-9-20(16-2,17-3)18-4/h10,13-14H,5-9,11H2,1-4H3. The summed E-state index contributed by atoms with van der Waals surface area (Å²) < 4.78 is 16.0. The zero-order valence-electron chi connectivity index (χ0n) is 12.8. The Bertz CT molecular complexity index is 260. The SMILES string of the molecule is CO[Si](CCCSCC(C)(C=O)NCCO)(OC)OC. The number of aliphatic hydroxyl groups excluding tert-OH is 1. The largest absolute Gasteiger partial charge is 0.500 e. The van der Waals surface area contributed by atoms with Crippen LogP contribution in [0.25, 0.3) is 0 Å². The Balaban J connectivity index is 3.97. The van der Waals surface area contributed by atoms with Gasteiger partial charge in [-0.15, -0.1) is 0 Å². The van der Waals surface area contributed by atoms with Crippen LogP contribution in [0.3, 0.4) is 0 Å². The van der Waals surface area contributed by atoms with E-state index in [1.807, 2.05) is 6.92 Å². The van der Waals surface area contributed by atoms with Crippen molar-refractivity contribution in [3.05, 3.63) is 0 Å². The quantitative estimate of drug-likeness (QED) is 0.290. The van der Waals surface area contributed by atoms with Gasteiger partial charge >= 0.3 is 8.80 Å². The first-order chi connectivity index (χ1) is 9.51. The van der Waals surface area contributed by atoms with Gasteiger partial charge in [0.1, 0.15) is 6.29 Å². The number of aldehydes is 1. The first kappa shape index (κ1) is 20.0. The van der Waals surface area contributed by atoms with Gasteiger partial charge in [-0.25, -0.2) is 0 Å². The van der Waals surface area contributed by atoms with Crippen molar-refractivity contribution < 1.29 is 23.2 Å². The summed E-state index contributed by atoms with van der Waals surface area (Å²) in [4.78, 5) is 11.1. The van der Waals surface area contributed by atoms with Crippen LogP contribution in [0.1, 0.15) is 13.3 Å². The minimum absolute atomic E-state index is 0.0255. The number of carbonyl (C=O) groups excluding carboxylic acids is 1. The molecule has 0 heterocycles. The molecule has 0 saturated heterocycles. The van der Waals surface area contributed by atoms with Crippen LogP contribution in [-0.2, 0) is 18.1 Å². The zero-order chi connectivity index (χ0) is 15.5. The Morgan fingerprint density at radius 2 is 1.90 bits per heavy atom. The Morgan fingerprint density at radius 3 is 2.35 bits per heavy atom. The van der Waals surface area contributed by atoms with E-state index in [0.29, 0.717) is 12.3 Å². The lowest BCUT2D eigenvalue weighted by molar-refractivity contribution is -0.112. The number of carbonyl (C=O) groups is 1. The summed E-state index contributed by atoms with van der Waals surface area (Å²) >= 11 is 1.69. The van der Waals surface area contributed by atoms with Gasteiger partial charge in [-0.2, -0.15) is 11.8 Å². The highest BCUT2D eigenvalue weighted by molar-refractivity contribution is 7.99. The molecule has 120 valence electrons. The van der Waals surface area contributed by atoms with Gasteiger partial charge in [0.2, 0.25) is 0 Å². The van der Waals surface area contributed by atoms with Gasteiger partial charge < -0.3 is 28.5 Å². The number of aliphatic hydroxyl groups is 1. The number of β-amino-alcohol motifs (C(OH)–C–C–N with tert-alkyl or cyclic N) is 1. The predicted molar refractivity (Wildman–Crippen MR) is 83.1 cm³/mol. The second-order valence-electron chi connectivity index (χ2n) is 4.64. The summed E-state index contributed by atoms with van der Waals surface area (Å²) in [5, 5.41) is 11.8. The number of hydrogen-bond donors (Lipinski definition) is 2. The fourth-order valence-corrected chi connectivity index (χ4v) is 4.76. The van der Waals surface area contributed by atoms with Crippen molar-refractivity contribution in [3.63, 3.8) is 0 Å². The van der Waals surface area contributed by atoms with Crippen LogP contribution in [0.2, 0.25) is 6.04 Å². The maximum atomic E-state index is 11.1. The summed E-state index contributed by atoms with van der Waals surface area (Å²) in [5.41, 5.74) is -0.592. The van der Waals surface area contributed by atoms with E-state index in [1.54, 1.807) is 33.1 Å². The van der Waals surface area contributed by atoms with E-state index in [9.17, 15) is 4.79 Å². The number of rotatable bonds is 13. The number of nitrogens with one attached hydrogen (secondary N) is 1. The monoisotopic (exact) mass is 325 g/mol. The number of hydrogen-bond acceptors (Lipinski definition) is 7. The molecule has 8 heteroatoms. The highest BCUT2D eigenvalue weighted by Gasteiger charge is 2.36. The molecule has 0 fully saturated rings. The molecule has 2 N–H and O–H groups in total. The third-order valence-corrected chi connectivity index (χ3v) is 7.22. The number of thioether (sulfide) groups is 1. The Kier molecular flexibility index (Phi) is 10.7. The van der Waals surface area contributed by atoms with Crippen molar-refractivity contribution in [2.45, 2.75) is 24.9 Å². The van der Waals surface area contributed by atoms with Crippen LogP contribution in [-0.4, -0.2) is 71.7 Å². The van der Waals surface area contributed by atoms with Gasteiger partial charge in [0, 0.05) is 39.7 Å². The normalized spacial score (nSPS) is 15.1. The average Bonchev–Trinajstić information content (AvgIpc) is 2.49. The third kappa shape index (κ3) is 7.16. The second kappa shape index (κ2) is 10.7. The second-order valence-corrected chi connectivity index (χ2v) is 8.83. The van der Waals surface area contributed by atoms with Crippen LogP contribution in [0, 0.1) is 0 Å². The molecular weight excluding hydrogens is 298 g/mol. The van der Waals surface area contributed by atoms with Crippen molar-refractivity contribution in [1.82, 2.24) is 5.32 Å². The van der Waals surface area contributed by atoms with Gasteiger partial charge in [-0.05, 0) is 19.1 Å². The molecule has 0 aliphatic rings. The molecule has 0 aliphatic carbocycles. The maximum Gasteiger partial charge on any atom is 0.500 e. The van der Waals surface area contributed by atoms with Crippen molar-refractivity contribution >= 4 is 26.9 Å². The lowest BCUT2D eigenvalue weighted by Gasteiger charge is -2.25. The summed E-state index contributed by atoms with van der Waals surface area (Å²) in [6.07, 6.45) is 1.80. The maximum absolute atomic E-state index is 11.1. The molecule has 20 heavy (non-hydrogen) atoms. The first-order valence-corrected chi connectivity index (χ1v) is 9.65. The van der Waals surface area contributed by atoms with Crippen molar-refractivity contribution in [2.75, 3.05) is 46.0 Å². The lowest BCUT2D eigenvalue weighted by Crippen LogP contribution is -2.47. The van der Waals surface area contributed by atoms with Crippen molar-refractivity contribution in [1.29, 1.82) is 0 Å². The van der Waals surface area contributed by atoms with E-state index in [0.717, 1.165) is 24.5 Å². The molecule has 0 amide bonds. The van der Waals surface area contributed by atoms with E-state index >= 15 is 0 Å². The highest BCUT2D eigenvalue weighted by atomic mass is 32.2. The molecule has 0 saturated carbocycles. The van der Waals surface area contributed by atoms with Gasteiger partial charge in [0.25, 0.3) is 0 Å². The summed E-state index contributed by atoms with van der Waals surface area (Å²) in [5.74, 6) is 1.56. The molecule has 0 spiro atoms. The molecule has 0 rings (SSSR count). The van der Waals surface area contributed by atoms with Crippen molar-refractivity contribution in [2.24, 2.45) is 0 Å². The van der Waals surface area contributed by atoms with Crippen LogP contribution in [0.15, 0.2) is 0 Å². The Labute approximate surface area is 126 Å². The first-order valence-electron chi connectivity index (χ1n) is 6.57. The summed E-state index contributed by atoms with van der Waals surface area (Å²) in [6.45, 7) is 2.28. The minimum atomic E-state index is -2.47. The van der Waals surface area contributed by atoms with Crippen molar-refractivity contribution in [3.8, 4) is 0 Å². The van der Waals surface area contributed by atoms with Gasteiger partial charge in [0.05, 0.1) is 12.1 Å². The molecular formula is C12H27NO5SSi. The molecule has 1 atom stereocenters. The van der Waals surface area contributed by atoms with Crippen LogP contribution in [0.5, 0.6) is 0 Å². The lowest BCUT2D eigenvalue weighted by atomic mass is 10.1. The molecule has 0 aromatic rings. The van der Waals surface area contributed by atoms with E-state index in [2.05, 4.69) is 5.32 Å². The molecule has 0 radical (unpaired) electrons. The minimum Gasteiger partial charge on any atom is -0.395 e. The average molecular weight is 326 g/mol. The van der Waals surface area contributed by atoms with Gasteiger partial charge in [-0.3, -0.25) is 0 Å². The third-order valence-electron chi connectivity index (χ3n) is 3.01. The Morgan fingerprint density at radius 1 is 1.30 bits per heavy atom. The summed E-state index contributed by atoms with van der Waals surface area (Å²) in [7, 11) is 2.34. The molecule has 6 nitrogen and oxygen atoms in total. The molecule has 0 aromatic carbocycles. The fourth-order valence-electron chi connectivity index (χ4n) is 1.70. The molecule has 0 bridgehead atoms. The van der Waals surface area contributed by atoms with Crippen LogP contribution < -0.4 is 5.32 Å². The molecule has 0 aromatic heterocycles. The summed E-state index contributed by atoms with van der Waals surface area (Å²) in [6, 6.07) is 0.755. The van der Waals surface area contributed by atoms with E-state index in [4.69, 9.17) is 18.4 Å². The van der Waals surface area contributed by atoms with Gasteiger partial charge in [-0.1, -0.05) is 0 Å². The Hall–Kier alpha value is 0.0369. The van der Waals surface area contributed by atoms with Gasteiger partial charge in [0.15, 0.2) is 0 Å². The van der Waals surface area contributed by atoms with E-state index in [-0.39, 0.29) is 6.61 Å². The smallest absolute Gasteiger partial charge is 0.395 e. The zero-order valence-corrected chi connectivity index (χ0v) is 14.6. The molecule has 1 unspecified atom stereocenters. The van der Waals surface area contributed by atoms with E-state index in [1.165, 1.54) is 0 Å². The van der Waals surface area contributed by atoms with Crippen LogP contribution in [0.4, 0.5) is 0 Å². The highest BCUT2D eigenvalue weighted by Crippen LogP contribution is 2.19.